The first-order valence-electron chi connectivity index (χ1n) is 13.4. The summed E-state index contributed by atoms with van der Waals surface area (Å²) in [7, 11) is 0. The molecule has 45 heavy (non-hydrogen) atoms. The molecule has 0 amide bonds. The first-order valence-corrected chi connectivity index (χ1v) is 18.2. The van der Waals surface area contributed by atoms with Crippen molar-refractivity contribution in [1.82, 2.24) is 0 Å². The molecular formula is C32H24F12Ga-. The standard InChI is InChI=1S/C8H3F6.2C8H6F3.C8H9.Ga/c9-7(10,11)5-2-1-3-6(4-5)8(12,13)14;2*1-6-3-2-4-7(5-6)8(9,10)11;1-7-4-3-5-8(2)6-7;/h2-4H;2*3-5H,1H3;4-6H,1-2H3;/q;;;;-1. The summed E-state index contributed by atoms with van der Waals surface area (Å²) >= 11 is -5.95. The van der Waals surface area contributed by atoms with Crippen LogP contribution in [0.5, 0.6) is 0 Å². The van der Waals surface area contributed by atoms with Crippen molar-refractivity contribution in [3.63, 3.8) is 0 Å². The number of hydrogen-bond acceptors (Lipinski definition) is 0. The van der Waals surface area contributed by atoms with Gasteiger partial charge in [-0.15, -0.1) is 0 Å². The summed E-state index contributed by atoms with van der Waals surface area (Å²) in [4.78, 5) is 0. The molecule has 0 aliphatic carbocycles. The summed E-state index contributed by atoms with van der Waals surface area (Å²) in [6.45, 7) is 5.66. The molecule has 0 saturated heterocycles. The molecular weight excluding hydrogens is 682 g/mol. The van der Waals surface area contributed by atoms with E-state index in [-0.39, 0.29) is 29.5 Å². The predicted octanol–water partition coefficient (Wildman–Crippen LogP) is 8.37. The molecule has 0 saturated carbocycles. The van der Waals surface area contributed by atoms with Gasteiger partial charge in [0.15, 0.2) is 0 Å². The predicted molar refractivity (Wildman–Crippen MR) is 149 cm³/mol. The van der Waals surface area contributed by atoms with Gasteiger partial charge >= 0.3 is 254 Å². The number of halogens is 12. The zero-order chi connectivity index (χ0) is 33.9. The van der Waals surface area contributed by atoms with E-state index in [0.717, 1.165) is 12.1 Å². The van der Waals surface area contributed by atoms with Crippen LogP contribution in [0.1, 0.15) is 44.5 Å². The van der Waals surface area contributed by atoms with Gasteiger partial charge in [-0.3, -0.25) is 0 Å². The molecule has 0 aliphatic heterocycles. The van der Waals surface area contributed by atoms with Crippen LogP contribution in [0.15, 0.2) is 72.8 Å². The van der Waals surface area contributed by atoms with E-state index in [0.29, 0.717) is 35.4 Å². The van der Waals surface area contributed by atoms with Crippen molar-refractivity contribution in [3.8, 4) is 0 Å². The second kappa shape index (κ2) is 11.5. The third kappa shape index (κ3) is 7.08. The molecule has 0 aliphatic rings. The van der Waals surface area contributed by atoms with Gasteiger partial charge in [0, 0.05) is 0 Å². The van der Waals surface area contributed by atoms with Crippen molar-refractivity contribution < 1.29 is 52.7 Å². The van der Waals surface area contributed by atoms with E-state index < -0.39 is 66.1 Å². The zero-order valence-electron chi connectivity index (χ0n) is 24.0. The van der Waals surface area contributed by atoms with Gasteiger partial charge in [-0.25, -0.2) is 0 Å². The Bertz CT molecular complexity index is 1630. The van der Waals surface area contributed by atoms with Crippen LogP contribution in [-0.2, 0) is 24.7 Å². The molecule has 0 fully saturated rings. The first kappa shape index (κ1) is 34.5. The number of rotatable bonds is 4. The maximum absolute atomic E-state index is 14.2. The van der Waals surface area contributed by atoms with E-state index >= 15 is 0 Å². The third-order valence-electron chi connectivity index (χ3n) is 7.71. The molecule has 0 N–H and O–H groups in total. The summed E-state index contributed by atoms with van der Waals surface area (Å²) < 4.78 is 169. The van der Waals surface area contributed by atoms with E-state index in [4.69, 9.17) is 0 Å². The molecule has 240 valence electrons. The molecule has 0 nitrogen and oxygen atoms in total. The quantitative estimate of drug-likeness (QED) is 0.148. The molecule has 0 bridgehead atoms. The average Bonchev–Trinajstić information content (AvgIpc) is 2.86. The van der Waals surface area contributed by atoms with Gasteiger partial charge in [0.2, 0.25) is 0 Å². The van der Waals surface area contributed by atoms with Crippen LogP contribution in [0, 0.1) is 27.7 Å². The second-order valence-corrected chi connectivity index (χ2v) is 20.6. The Balaban J connectivity index is 2.40. The van der Waals surface area contributed by atoms with Crippen molar-refractivity contribution in [1.29, 1.82) is 0 Å². The molecule has 0 aromatic heterocycles. The van der Waals surface area contributed by atoms with E-state index in [1.807, 2.05) is 0 Å². The first-order chi connectivity index (χ1) is 20.4. The Labute approximate surface area is 253 Å². The number of aryl methyl sites for hydroxylation is 4. The molecule has 0 spiro atoms. The number of alkyl halides is 12. The van der Waals surface area contributed by atoms with E-state index in [2.05, 4.69) is 0 Å². The molecule has 4 aromatic carbocycles. The van der Waals surface area contributed by atoms with Crippen LogP contribution >= 0.6 is 0 Å². The molecule has 0 atom stereocenters. The van der Waals surface area contributed by atoms with Crippen LogP contribution in [-0.4, -0.2) is 15.0 Å². The van der Waals surface area contributed by atoms with Crippen molar-refractivity contribution in [3.05, 3.63) is 117 Å². The molecule has 13 heteroatoms. The van der Waals surface area contributed by atoms with Gasteiger partial charge in [0.1, 0.15) is 0 Å². The van der Waals surface area contributed by atoms with Crippen LogP contribution < -0.4 is 16.5 Å². The second-order valence-electron chi connectivity index (χ2n) is 11.4. The summed E-state index contributed by atoms with van der Waals surface area (Å²) in [6.07, 6.45) is -20.6. The Morgan fingerprint density at radius 2 is 0.533 bits per heavy atom. The van der Waals surface area contributed by atoms with Gasteiger partial charge in [-0.1, -0.05) is 0 Å². The Morgan fingerprint density at radius 3 is 0.822 bits per heavy atom. The monoisotopic (exact) mass is 705 g/mol. The van der Waals surface area contributed by atoms with Crippen LogP contribution in [0.4, 0.5) is 52.7 Å². The Kier molecular flexibility index (Phi) is 8.82. The molecule has 0 radical (unpaired) electrons. The third-order valence-corrected chi connectivity index (χ3v) is 18.9. The average molecular weight is 706 g/mol. The molecule has 4 aromatic rings. The minimum atomic E-state index is -5.95. The Hall–Kier alpha value is -3.32. The van der Waals surface area contributed by atoms with Gasteiger partial charge in [0.25, 0.3) is 0 Å². The van der Waals surface area contributed by atoms with Gasteiger partial charge < -0.3 is 0 Å². The van der Waals surface area contributed by atoms with Crippen molar-refractivity contribution in [2.45, 2.75) is 52.4 Å². The topological polar surface area (TPSA) is 0 Å². The van der Waals surface area contributed by atoms with Crippen LogP contribution in [0.2, 0.25) is 0 Å². The van der Waals surface area contributed by atoms with Gasteiger partial charge in [-0.05, 0) is 0 Å². The SMILES string of the molecule is Cc1cc(C)c[c]([Ga-]([c]2cc(C)cc(C(F)(F)F)c2)([c]2cc(C)cc(C(F)(F)F)c2)[c]2cc(C(F)(F)F)cc(C(F)(F)F)c2)c1. The number of benzene rings is 4. The summed E-state index contributed by atoms with van der Waals surface area (Å²) in [5.74, 6) is 0. The van der Waals surface area contributed by atoms with Gasteiger partial charge in [-0.2, -0.15) is 0 Å². The molecule has 0 unspecified atom stereocenters. The fraction of sp³-hybridized carbons (Fsp3) is 0.250. The maximum atomic E-state index is 14.2. The fourth-order valence-electron chi connectivity index (χ4n) is 6.10. The van der Waals surface area contributed by atoms with Crippen LogP contribution in [0.25, 0.3) is 0 Å². The van der Waals surface area contributed by atoms with Crippen LogP contribution in [0.3, 0.4) is 0 Å². The van der Waals surface area contributed by atoms with E-state index in [1.54, 1.807) is 19.9 Å². The molecule has 0 heterocycles. The summed E-state index contributed by atoms with van der Waals surface area (Å²) in [5.41, 5.74) is -5.10. The zero-order valence-corrected chi connectivity index (χ0v) is 26.5. The van der Waals surface area contributed by atoms with E-state index in [1.165, 1.54) is 38.1 Å². The normalized spacial score (nSPS) is 13.3. The summed E-state index contributed by atoms with van der Waals surface area (Å²) in [5, 5.41) is 0. The van der Waals surface area contributed by atoms with Crippen molar-refractivity contribution >= 4 is 31.5 Å². The minimum absolute atomic E-state index is 0.0323. The van der Waals surface area contributed by atoms with E-state index in [9.17, 15) is 52.7 Å². The Morgan fingerprint density at radius 1 is 0.311 bits per heavy atom. The van der Waals surface area contributed by atoms with Crippen molar-refractivity contribution in [2.24, 2.45) is 0 Å². The number of hydrogen-bond donors (Lipinski definition) is 0. The van der Waals surface area contributed by atoms with Crippen molar-refractivity contribution in [2.75, 3.05) is 0 Å². The fourth-order valence-corrected chi connectivity index (χ4v) is 18.9. The summed E-state index contributed by atoms with van der Waals surface area (Å²) in [6, 6.07) is 10.4. The van der Waals surface area contributed by atoms with Gasteiger partial charge in [0.05, 0.1) is 0 Å². The molecule has 4 rings (SSSR count).